The molecule has 48 heavy (non-hydrogen) atoms. The van der Waals surface area contributed by atoms with E-state index in [0.717, 1.165) is 25.7 Å². The van der Waals surface area contributed by atoms with Gasteiger partial charge in [0.25, 0.3) is 0 Å². The van der Waals surface area contributed by atoms with Gasteiger partial charge in [-0.05, 0) is 91.9 Å². The Morgan fingerprint density at radius 1 is 0.958 bits per heavy atom. The average molecular weight is 666 g/mol. The Balaban J connectivity index is 1.20. The van der Waals surface area contributed by atoms with Gasteiger partial charge >= 0.3 is 17.9 Å². The Bertz CT molecular complexity index is 1500. The van der Waals surface area contributed by atoms with Gasteiger partial charge in [0.05, 0.1) is 13.5 Å². The average Bonchev–Trinajstić information content (AvgIpc) is 3.35. The fourth-order valence-electron chi connectivity index (χ4n) is 9.51. The Morgan fingerprint density at radius 3 is 2.35 bits per heavy atom. The number of fused-ring (bicyclic) bond motifs is 5. The Kier molecular flexibility index (Phi) is 10.2. The lowest BCUT2D eigenvalue weighted by atomic mass is 9.46. The second-order valence-electron chi connectivity index (χ2n) is 14.5. The first kappa shape index (κ1) is 35.3. The number of Topliss-reactive ketones (excluding diaryl/α,β-unsaturated/α-hetero) is 1. The second-order valence-corrected chi connectivity index (χ2v) is 14.5. The van der Waals surface area contributed by atoms with Crippen LogP contribution >= 0.6 is 0 Å². The highest BCUT2D eigenvalue weighted by Crippen LogP contribution is 2.68. The highest BCUT2D eigenvalue weighted by atomic mass is 16.6. The molecule has 1 aromatic rings. The van der Waals surface area contributed by atoms with Gasteiger partial charge < -0.3 is 24.6 Å². The van der Waals surface area contributed by atoms with Crippen LogP contribution in [0, 0.1) is 28.6 Å². The Morgan fingerprint density at radius 2 is 1.67 bits per heavy atom. The van der Waals surface area contributed by atoms with E-state index >= 15 is 0 Å². The number of ketones is 2. The van der Waals surface area contributed by atoms with Gasteiger partial charge in [-0.15, -0.1) is 0 Å². The summed E-state index contributed by atoms with van der Waals surface area (Å²) >= 11 is 0. The van der Waals surface area contributed by atoms with Crippen molar-refractivity contribution in [2.24, 2.45) is 28.6 Å². The van der Waals surface area contributed by atoms with Crippen LogP contribution in [0.1, 0.15) is 90.5 Å². The van der Waals surface area contributed by atoms with Crippen molar-refractivity contribution < 1.29 is 48.1 Å². The van der Waals surface area contributed by atoms with Crippen LogP contribution in [0.15, 0.2) is 35.9 Å². The van der Waals surface area contributed by atoms with Gasteiger partial charge in [-0.1, -0.05) is 31.6 Å². The van der Waals surface area contributed by atoms with Crippen molar-refractivity contribution in [2.75, 3.05) is 13.7 Å². The number of benzene rings is 1. The van der Waals surface area contributed by atoms with Gasteiger partial charge in [-0.25, -0.2) is 4.79 Å². The van der Waals surface area contributed by atoms with Crippen molar-refractivity contribution in [2.45, 2.75) is 103 Å². The summed E-state index contributed by atoms with van der Waals surface area (Å²) in [4.78, 5) is 76.4. The summed E-state index contributed by atoms with van der Waals surface area (Å²) < 4.78 is 16.1. The number of hydrogen-bond donors (Lipinski definition) is 2. The number of rotatable bonds is 11. The summed E-state index contributed by atoms with van der Waals surface area (Å²) in [6.45, 7) is 5.04. The van der Waals surface area contributed by atoms with Gasteiger partial charge in [0.1, 0.15) is 11.8 Å². The number of allylic oxidation sites excluding steroid dienone is 1. The monoisotopic (exact) mass is 665 g/mol. The topological polar surface area (TPSA) is 162 Å². The fourth-order valence-corrected chi connectivity index (χ4v) is 9.51. The number of nitrogens with one attached hydrogen (secondary N) is 1. The molecule has 0 saturated heterocycles. The number of ether oxygens (including phenoxy) is 3. The maximum atomic E-state index is 14.0. The van der Waals surface area contributed by atoms with Crippen molar-refractivity contribution in [3.63, 3.8) is 0 Å². The largest absolute Gasteiger partial charge is 0.508 e. The standard InChI is InChI=1S/C37H47NO10/c1-22(39)48-37(18-15-29-27-10-7-24-20-26(41)13-16-35(24,2)28(27)14-17-36(29,37)3)31(42)21-47-33(44)12-11-32(43)38-30(34(45)46-4)19-23-5-8-25(40)9-6-23/h5-6,8-9,20,27-30,40H,7,10-19,21H2,1-4H3,(H,38,43). The SMILES string of the molecule is COC(=O)C(Cc1ccc(O)cc1)NC(=O)CCC(=O)OCC(=O)C1(OC(C)=O)CCC2C3CCC4=CC(=O)CCC4(C)C3CCC21C. The van der Waals surface area contributed by atoms with Gasteiger partial charge in [0.15, 0.2) is 18.0 Å². The first-order valence-corrected chi connectivity index (χ1v) is 17.0. The quantitative estimate of drug-likeness (QED) is 0.257. The van der Waals surface area contributed by atoms with Gasteiger partial charge in [0, 0.05) is 31.6 Å². The smallest absolute Gasteiger partial charge is 0.328 e. The maximum absolute atomic E-state index is 14.0. The highest BCUT2D eigenvalue weighted by molar-refractivity contribution is 5.94. The molecule has 3 saturated carbocycles. The zero-order chi connectivity index (χ0) is 34.9. The third-order valence-electron chi connectivity index (χ3n) is 12.0. The molecule has 5 rings (SSSR count). The Labute approximate surface area is 281 Å². The molecule has 0 radical (unpaired) electrons. The summed E-state index contributed by atoms with van der Waals surface area (Å²) in [6, 6.07) is 5.17. The fraction of sp³-hybridized carbons (Fsp3) is 0.622. The second kappa shape index (κ2) is 13.8. The van der Waals surface area contributed by atoms with E-state index in [9.17, 15) is 33.9 Å². The predicted molar refractivity (Wildman–Crippen MR) is 172 cm³/mol. The van der Waals surface area contributed by atoms with E-state index in [0.29, 0.717) is 43.1 Å². The van der Waals surface area contributed by atoms with Crippen LogP contribution in [-0.4, -0.2) is 65.8 Å². The molecule has 4 aliphatic rings. The van der Waals surface area contributed by atoms with Crippen LogP contribution in [-0.2, 0) is 49.4 Å². The molecule has 0 bridgehead atoms. The van der Waals surface area contributed by atoms with Gasteiger partial charge in [0.2, 0.25) is 11.7 Å². The van der Waals surface area contributed by atoms with E-state index in [4.69, 9.17) is 14.2 Å². The van der Waals surface area contributed by atoms with Crippen molar-refractivity contribution in [3.8, 4) is 5.75 Å². The number of amides is 1. The summed E-state index contributed by atoms with van der Waals surface area (Å²) in [5.74, 6) is -1.90. The van der Waals surface area contributed by atoms with Crippen LogP contribution < -0.4 is 5.32 Å². The van der Waals surface area contributed by atoms with Crippen molar-refractivity contribution in [3.05, 3.63) is 41.5 Å². The van der Waals surface area contributed by atoms with E-state index < -0.39 is 53.3 Å². The molecule has 1 amide bonds. The molecular formula is C37H47NO10. The van der Waals surface area contributed by atoms with Crippen LogP contribution in [0.4, 0.5) is 0 Å². The van der Waals surface area contributed by atoms with E-state index in [1.165, 1.54) is 31.7 Å². The molecule has 2 N–H and O–H groups in total. The number of carbonyl (C=O) groups excluding carboxylic acids is 6. The number of phenolic OH excluding ortho intramolecular Hbond substituents is 1. The molecule has 11 nitrogen and oxygen atoms in total. The van der Waals surface area contributed by atoms with Gasteiger partial charge in [-0.3, -0.25) is 24.0 Å². The van der Waals surface area contributed by atoms with Crippen LogP contribution in [0.2, 0.25) is 0 Å². The molecule has 0 heterocycles. The molecule has 0 aromatic heterocycles. The van der Waals surface area contributed by atoms with Crippen LogP contribution in [0.5, 0.6) is 5.75 Å². The molecule has 0 aliphatic heterocycles. The molecule has 11 heteroatoms. The lowest BCUT2D eigenvalue weighted by Gasteiger charge is -2.59. The van der Waals surface area contributed by atoms with E-state index in [1.807, 2.05) is 13.0 Å². The molecule has 260 valence electrons. The molecular weight excluding hydrogens is 618 g/mol. The number of esters is 3. The van der Waals surface area contributed by atoms with Gasteiger partial charge in [-0.2, -0.15) is 0 Å². The van der Waals surface area contributed by atoms with Crippen molar-refractivity contribution in [1.29, 1.82) is 0 Å². The summed E-state index contributed by atoms with van der Waals surface area (Å²) in [5.41, 5.74) is -0.162. The van der Waals surface area contributed by atoms with Crippen LogP contribution in [0.25, 0.3) is 0 Å². The predicted octanol–water partition coefficient (Wildman–Crippen LogP) is 4.32. The van der Waals surface area contributed by atoms with E-state index in [2.05, 4.69) is 12.2 Å². The first-order chi connectivity index (χ1) is 22.7. The first-order valence-electron chi connectivity index (χ1n) is 17.0. The normalized spacial score (nSPS) is 31.2. The zero-order valence-electron chi connectivity index (χ0n) is 28.3. The third kappa shape index (κ3) is 6.65. The highest BCUT2D eigenvalue weighted by Gasteiger charge is 2.68. The minimum atomic E-state index is -1.42. The third-order valence-corrected chi connectivity index (χ3v) is 12.0. The molecule has 1 aromatic carbocycles. The molecule has 3 fully saturated rings. The lowest BCUT2D eigenvalue weighted by molar-refractivity contribution is -0.191. The minimum Gasteiger partial charge on any atom is -0.508 e. The van der Waals surface area contributed by atoms with Crippen molar-refractivity contribution >= 4 is 35.4 Å². The zero-order valence-corrected chi connectivity index (χ0v) is 28.3. The van der Waals surface area contributed by atoms with E-state index in [-0.39, 0.29) is 42.1 Å². The lowest BCUT2D eigenvalue weighted by Crippen LogP contribution is -2.59. The molecule has 4 aliphatic carbocycles. The van der Waals surface area contributed by atoms with Crippen LogP contribution in [0.3, 0.4) is 0 Å². The summed E-state index contributed by atoms with van der Waals surface area (Å²) in [5, 5.41) is 12.1. The molecule has 7 atom stereocenters. The Hall–Kier alpha value is -4.02. The van der Waals surface area contributed by atoms with Crippen molar-refractivity contribution in [1.82, 2.24) is 5.32 Å². The summed E-state index contributed by atoms with van der Waals surface area (Å²) in [7, 11) is 1.20. The summed E-state index contributed by atoms with van der Waals surface area (Å²) in [6.07, 6.45) is 7.14. The number of hydrogen-bond acceptors (Lipinski definition) is 10. The minimum absolute atomic E-state index is 0.0426. The molecule has 0 spiro atoms. The van der Waals surface area contributed by atoms with E-state index in [1.54, 1.807) is 12.1 Å². The number of phenols is 1. The number of methoxy groups -OCH3 is 1. The maximum Gasteiger partial charge on any atom is 0.328 e. The molecule has 7 unspecified atom stereocenters. The number of carbonyl (C=O) groups is 6. The number of aromatic hydroxyl groups is 1.